The molecule has 144 valence electrons. The summed E-state index contributed by atoms with van der Waals surface area (Å²) in [6.07, 6.45) is 5.31. The first-order chi connectivity index (χ1) is 13.0. The molecule has 0 unspecified atom stereocenters. The average molecular weight is 370 g/mol. The molecule has 2 atom stereocenters. The number of nitrogens with one attached hydrogen (secondary N) is 1. The van der Waals surface area contributed by atoms with Crippen LogP contribution in [0.1, 0.15) is 54.2 Å². The van der Waals surface area contributed by atoms with Crippen molar-refractivity contribution in [1.82, 2.24) is 20.0 Å². The molecule has 2 bridgehead atoms. The third-order valence-electron chi connectivity index (χ3n) is 7.65. The first-order valence-electron chi connectivity index (χ1n) is 10.2. The van der Waals surface area contributed by atoms with Gasteiger partial charge in [0, 0.05) is 32.0 Å². The Bertz CT molecular complexity index is 838. The molecule has 7 rings (SSSR count). The van der Waals surface area contributed by atoms with E-state index in [1.165, 1.54) is 12.8 Å². The van der Waals surface area contributed by atoms with Gasteiger partial charge in [-0.2, -0.15) is 5.10 Å². The normalized spacial score (nSPS) is 38.5. The van der Waals surface area contributed by atoms with Crippen LogP contribution >= 0.6 is 0 Å². The predicted octanol–water partition coefficient (Wildman–Crippen LogP) is 1.05. The maximum atomic E-state index is 13.3. The average Bonchev–Trinajstić information content (AvgIpc) is 3.41. The molecule has 6 fully saturated rings. The van der Waals surface area contributed by atoms with E-state index in [2.05, 4.69) is 10.4 Å². The van der Waals surface area contributed by atoms with Gasteiger partial charge < -0.3 is 15.0 Å². The van der Waals surface area contributed by atoms with Gasteiger partial charge >= 0.3 is 0 Å². The number of hydrogen-bond acceptors (Lipinski definition) is 4. The summed E-state index contributed by atoms with van der Waals surface area (Å²) in [5.41, 5.74) is 1.26. The Labute approximate surface area is 158 Å². The summed E-state index contributed by atoms with van der Waals surface area (Å²) in [4.78, 5) is 28.0. The van der Waals surface area contributed by atoms with Crippen LogP contribution in [0.4, 0.5) is 0 Å². The highest BCUT2D eigenvalue weighted by Crippen LogP contribution is 2.57. The molecule has 0 aromatic carbocycles. The van der Waals surface area contributed by atoms with Crippen LogP contribution in [0.15, 0.2) is 6.07 Å². The third-order valence-corrected chi connectivity index (χ3v) is 7.65. The Morgan fingerprint density at radius 2 is 2.15 bits per heavy atom. The zero-order valence-corrected chi connectivity index (χ0v) is 15.7. The number of amides is 2. The van der Waals surface area contributed by atoms with E-state index in [-0.39, 0.29) is 22.8 Å². The lowest BCUT2D eigenvalue weighted by Crippen LogP contribution is -2.56. The largest absolute Gasteiger partial charge is 0.380 e. The van der Waals surface area contributed by atoms with Crippen molar-refractivity contribution in [2.75, 3.05) is 26.3 Å². The van der Waals surface area contributed by atoms with Gasteiger partial charge in [-0.25, -0.2) is 0 Å². The highest BCUT2D eigenvalue weighted by molar-refractivity contribution is 5.94. The molecule has 27 heavy (non-hydrogen) atoms. The van der Waals surface area contributed by atoms with Crippen LogP contribution in [0.5, 0.6) is 0 Å². The predicted molar refractivity (Wildman–Crippen MR) is 96.0 cm³/mol. The molecule has 3 aliphatic carbocycles. The van der Waals surface area contributed by atoms with E-state index in [0.717, 1.165) is 38.1 Å². The van der Waals surface area contributed by atoms with Gasteiger partial charge in [0.2, 0.25) is 5.91 Å². The lowest BCUT2D eigenvalue weighted by molar-refractivity contribution is -0.127. The Balaban J connectivity index is 1.18. The van der Waals surface area contributed by atoms with E-state index in [4.69, 9.17) is 4.74 Å². The molecule has 3 saturated heterocycles. The van der Waals surface area contributed by atoms with Gasteiger partial charge in [-0.15, -0.1) is 0 Å². The minimum absolute atomic E-state index is 0.0674. The van der Waals surface area contributed by atoms with Gasteiger partial charge in [0.05, 0.1) is 29.9 Å². The van der Waals surface area contributed by atoms with Crippen molar-refractivity contribution >= 4 is 11.8 Å². The fraction of sp³-hybridized carbons (Fsp3) is 0.750. The maximum absolute atomic E-state index is 13.3. The second kappa shape index (κ2) is 5.13. The highest BCUT2D eigenvalue weighted by atomic mass is 16.5. The first kappa shape index (κ1) is 16.1. The second-order valence-corrected chi connectivity index (χ2v) is 9.52. The van der Waals surface area contributed by atoms with Crippen molar-refractivity contribution in [3.63, 3.8) is 0 Å². The van der Waals surface area contributed by atoms with E-state index in [1.807, 2.05) is 18.0 Å². The van der Waals surface area contributed by atoms with E-state index >= 15 is 0 Å². The topological polar surface area (TPSA) is 76.5 Å². The molecule has 1 aromatic heterocycles. The summed E-state index contributed by atoms with van der Waals surface area (Å²) in [6.45, 7) is 2.64. The summed E-state index contributed by atoms with van der Waals surface area (Å²) in [6, 6.07) is 1.98. The third kappa shape index (κ3) is 2.21. The molecule has 1 N–H and O–H groups in total. The standard InChI is InChI=1S/C20H26N4O3/c1-23-16(4-15(22-23)13-2-3-13)17(25)24-8-12-5-19(24,6-12)10-21-18(26)20-7-14(20)9-27-11-20/h4,12-14H,2-3,5-11H2,1H3,(H,21,26)/t12?,14-,19?,20-/m0/s1. The quantitative estimate of drug-likeness (QED) is 0.841. The van der Waals surface area contributed by atoms with E-state index in [0.29, 0.717) is 36.6 Å². The number of carbonyl (C=O) groups excluding carboxylic acids is 2. The fourth-order valence-corrected chi connectivity index (χ4v) is 5.68. The number of aryl methyl sites for hydroxylation is 1. The molecule has 1 aromatic rings. The molecule has 4 heterocycles. The molecule has 7 heteroatoms. The summed E-state index contributed by atoms with van der Waals surface area (Å²) in [5.74, 6) is 1.71. The van der Waals surface area contributed by atoms with Crippen molar-refractivity contribution in [1.29, 1.82) is 0 Å². The van der Waals surface area contributed by atoms with Gasteiger partial charge in [-0.1, -0.05) is 0 Å². The monoisotopic (exact) mass is 370 g/mol. The van der Waals surface area contributed by atoms with Crippen LogP contribution in [0.2, 0.25) is 0 Å². The van der Waals surface area contributed by atoms with Crippen molar-refractivity contribution in [3.8, 4) is 0 Å². The Hall–Kier alpha value is -1.89. The van der Waals surface area contributed by atoms with Gasteiger partial charge in [0.15, 0.2) is 0 Å². The van der Waals surface area contributed by atoms with Gasteiger partial charge in [-0.05, 0) is 44.1 Å². The molecule has 6 aliphatic rings. The molecule has 0 spiro atoms. The molecule has 3 aliphatic heterocycles. The zero-order valence-electron chi connectivity index (χ0n) is 15.7. The number of hydrogen-bond donors (Lipinski definition) is 1. The molecule has 3 saturated carbocycles. The van der Waals surface area contributed by atoms with Crippen molar-refractivity contribution in [2.24, 2.45) is 24.3 Å². The Morgan fingerprint density at radius 3 is 2.81 bits per heavy atom. The van der Waals surface area contributed by atoms with Gasteiger partial charge in [0.25, 0.3) is 5.91 Å². The molecule has 7 nitrogen and oxygen atoms in total. The van der Waals surface area contributed by atoms with Gasteiger partial charge in [-0.3, -0.25) is 14.3 Å². The minimum atomic E-state index is -0.269. The molecule has 2 amide bonds. The summed E-state index contributed by atoms with van der Waals surface area (Å²) in [5, 5.41) is 7.73. The Kier molecular flexibility index (Phi) is 3.06. The first-order valence-corrected chi connectivity index (χ1v) is 10.2. The van der Waals surface area contributed by atoms with Crippen molar-refractivity contribution in [2.45, 2.75) is 43.6 Å². The number of nitrogens with zero attached hydrogens (tertiary/aromatic N) is 3. The lowest BCUT2D eigenvalue weighted by Gasteiger charge is -2.42. The summed E-state index contributed by atoms with van der Waals surface area (Å²) >= 11 is 0. The highest BCUT2D eigenvalue weighted by Gasteiger charge is 2.64. The van der Waals surface area contributed by atoms with Crippen LogP contribution in [0.25, 0.3) is 0 Å². The van der Waals surface area contributed by atoms with Crippen LogP contribution in [0.3, 0.4) is 0 Å². The molecular weight excluding hydrogens is 344 g/mol. The summed E-state index contributed by atoms with van der Waals surface area (Å²) < 4.78 is 7.20. The van der Waals surface area contributed by atoms with Crippen LogP contribution in [-0.2, 0) is 16.6 Å². The van der Waals surface area contributed by atoms with Crippen LogP contribution in [-0.4, -0.2) is 58.3 Å². The SMILES string of the molecule is Cn1nc(C2CC2)cc1C(=O)N1CC2CC1(CNC(=O)[C@@]13COC[C@@H]1C3)C2. The lowest BCUT2D eigenvalue weighted by atomic mass is 9.73. The minimum Gasteiger partial charge on any atom is -0.380 e. The zero-order chi connectivity index (χ0) is 18.4. The van der Waals surface area contributed by atoms with E-state index in [1.54, 1.807) is 4.68 Å². The van der Waals surface area contributed by atoms with Crippen LogP contribution < -0.4 is 5.32 Å². The summed E-state index contributed by atoms with van der Waals surface area (Å²) in [7, 11) is 1.86. The Morgan fingerprint density at radius 1 is 1.33 bits per heavy atom. The number of rotatable bonds is 5. The molecular formula is C20H26N4O3. The van der Waals surface area contributed by atoms with Crippen LogP contribution in [0, 0.1) is 17.3 Å². The number of fused-ring (bicyclic) bond motifs is 2. The smallest absolute Gasteiger partial charge is 0.272 e. The van der Waals surface area contributed by atoms with Crippen molar-refractivity contribution in [3.05, 3.63) is 17.5 Å². The van der Waals surface area contributed by atoms with E-state index in [9.17, 15) is 9.59 Å². The second-order valence-electron chi connectivity index (χ2n) is 9.52. The number of aromatic nitrogens is 2. The number of ether oxygens (including phenoxy) is 1. The van der Waals surface area contributed by atoms with Crippen molar-refractivity contribution < 1.29 is 14.3 Å². The maximum Gasteiger partial charge on any atom is 0.272 e. The van der Waals surface area contributed by atoms with Gasteiger partial charge in [0.1, 0.15) is 5.69 Å². The van der Waals surface area contributed by atoms with E-state index < -0.39 is 0 Å². The molecule has 0 radical (unpaired) electrons. The fourth-order valence-electron chi connectivity index (χ4n) is 5.68. The number of carbonyl (C=O) groups is 2.